The molecule has 190 valence electrons. The van der Waals surface area contributed by atoms with E-state index in [1.54, 1.807) is 62.4 Å². The standard InChI is InChI=1S/C27H30ClN3O4S/c1-19-13-14-20(2)25(15-19)31(36(34,35)24-11-6-5-7-12-24)18-26(32)30(21(3)27(33)29-4)17-22-9-8-10-23(28)16-22/h5-16,21H,17-18H2,1-4H3,(H,29,33)/t21-/m1/s1. The van der Waals surface area contributed by atoms with Crippen LogP contribution in [0, 0.1) is 13.8 Å². The van der Waals surface area contributed by atoms with Crippen LogP contribution in [0.3, 0.4) is 0 Å². The van der Waals surface area contributed by atoms with Gasteiger partial charge in [-0.15, -0.1) is 0 Å². The number of aryl methyl sites for hydroxylation is 2. The second-order valence-electron chi connectivity index (χ2n) is 8.56. The molecule has 0 radical (unpaired) electrons. The number of anilines is 1. The minimum absolute atomic E-state index is 0.0689. The monoisotopic (exact) mass is 527 g/mol. The lowest BCUT2D eigenvalue weighted by atomic mass is 10.1. The van der Waals surface area contributed by atoms with Gasteiger partial charge in [0.1, 0.15) is 12.6 Å². The quantitative estimate of drug-likeness (QED) is 0.449. The molecule has 3 aromatic rings. The van der Waals surface area contributed by atoms with E-state index in [0.29, 0.717) is 16.3 Å². The molecule has 36 heavy (non-hydrogen) atoms. The Kier molecular flexibility index (Phi) is 8.76. The van der Waals surface area contributed by atoms with Crippen LogP contribution in [0.1, 0.15) is 23.6 Å². The maximum absolute atomic E-state index is 13.8. The Balaban J connectivity index is 2.07. The number of benzene rings is 3. The van der Waals surface area contributed by atoms with Gasteiger partial charge in [-0.25, -0.2) is 8.42 Å². The fourth-order valence-corrected chi connectivity index (χ4v) is 5.55. The largest absolute Gasteiger partial charge is 0.357 e. The van der Waals surface area contributed by atoms with Crippen molar-refractivity contribution >= 4 is 39.1 Å². The molecule has 7 nitrogen and oxygen atoms in total. The van der Waals surface area contributed by atoms with Crippen LogP contribution in [0.15, 0.2) is 77.7 Å². The number of sulfonamides is 1. The maximum Gasteiger partial charge on any atom is 0.264 e. The van der Waals surface area contributed by atoms with Crippen LogP contribution < -0.4 is 9.62 Å². The first-order valence-corrected chi connectivity index (χ1v) is 13.3. The van der Waals surface area contributed by atoms with Crippen molar-refractivity contribution in [2.45, 2.75) is 38.3 Å². The zero-order valence-electron chi connectivity index (χ0n) is 20.7. The highest BCUT2D eigenvalue weighted by Gasteiger charge is 2.32. The Labute approximate surface area is 217 Å². The molecule has 3 aromatic carbocycles. The third-order valence-electron chi connectivity index (χ3n) is 5.90. The number of amides is 2. The lowest BCUT2D eigenvalue weighted by molar-refractivity contribution is -0.139. The summed E-state index contributed by atoms with van der Waals surface area (Å²) in [7, 11) is -2.60. The molecule has 0 aliphatic carbocycles. The molecule has 0 spiro atoms. The first kappa shape index (κ1) is 27.2. The van der Waals surface area contributed by atoms with E-state index in [4.69, 9.17) is 11.6 Å². The summed E-state index contributed by atoms with van der Waals surface area (Å²) >= 11 is 6.13. The highest BCUT2D eigenvalue weighted by molar-refractivity contribution is 7.92. The van der Waals surface area contributed by atoms with Gasteiger partial charge >= 0.3 is 0 Å². The second kappa shape index (κ2) is 11.6. The Morgan fingerprint density at radius 1 is 0.972 bits per heavy atom. The smallest absolute Gasteiger partial charge is 0.264 e. The van der Waals surface area contributed by atoms with Crippen LogP contribution >= 0.6 is 11.6 Å². The molecule has 0 aliphatic heterocycles. The summed E-state index contributed by atoms with van der Waals surface area (Å²) in [4.78, 5) is 27.7. The van der Waals surface area contributed by atoms with Crippen molar-refractivity contribution in [3.05, 3.63) is 94.5 Å². The van der Waals surface area contributed by atoms with Gasteiger partial charge in [0.05, 0.1) is 10.6 Å². The SMILES string of the molecule is CNC(=O)[C@@H](C)N(Cc1cccc(Cl)c1)C(=O)CN(c1cc(C)ccc1C)S(=O)(=O)c1ccccc1. The number of halogens is 1. The summed E-state index contributed by atoms with van der Waals surface area (Å²) < 4.78 is 28.7. The van der Waals surface area contributed by atoms with Crippen molar-refractivity contribution in [2.75, 3.05) is 17.9 Å². The van der Waals surface area contributed by atoms with Crippen molar-refractivity contribution in [3.8, 4) is 0 Å². The van der Waals surface area contributed by atoms with Gasteiger partial charge in [0.15, 0.2) is 0 Å². The molecule has 0 fully saturated rings. The van der Waals surface area contributed by atoms with Crippen LogP contribution in [0.2, 0.25) is 5.02 Å². The van der Waals surface area contributed by atoms with Crippen molar-refractivity contribution < 1.29 is 18.0 Å². The molecular formula is C27H30ClN3O4S. The van der Waals surface area contributed by atoms with Crippen molar-refractivity contribution in [3.63, 3.8) is 0 Å². The van der Waals surface area contributed by atoms with Gasteiger partial charge < -0.3 is 10.2 Å². The van der Waals surface area contributed by atoms with E-state index < -0.39 is 28.5 Å². The normalized spacial score (nSPS) is 12.0. The number of likely N-dealkylation sites (N-methyl/N-ethyl adjacent to an activating group) is 1. The number of rotatable bonds is 9. The Hall–Kier alpha value is -3.36. The molecule has 0 unspecified atom stereocenters. The number of carbonyl (C=O) groups is 2. The summed E-state index contributed by atoms with van der Waals surface area (Å²) in [6, 6.07) is 19.6. The summed E-state index contributed by atoms with van der Waals surface area (Å²) in [5, 5.41) is 3.06. The Morgan fingerprint density at radius 2 is 1.67 bits per heavy atom. The summed E-state index contributed by atoms with van der Waals surface area (Å²) in [6.45, 7) is 4.86. The third kappa shape index (κ3) is 6.25. The highest BCUT2D eigenvalue weighted by Crippen LogP contribution is 2.28. The van der Waals surface area contributed by atoms with Crippen molar-refractivity contribution in [1.29, 1.82) is 0 Å². The van der Waals surface area contributed by atoms with E-state index in [-0.39, 0.29) is 17.3 Å². The van der Waals surface area contributed by atoms with Crippen LogP contribution in [-0.4, -0.2) is 44.8 Å². The second-order valence-corrected chi connectivity index (χ2v) is 10.9. The predicted octanol–water partition coefficient (Wildman–Crippen LogP) is 4.32. The highest BCUT2D eigenvalue weighted by atomic mass is 35.5. The van der Waals surface area contributed by atoms with E-state index in [0.717, 1.165) is 15.4 Å². The number of carbonyl (C=O) groups excluding carboxylic acids is 2. The number of nitrogens with one attached hydrogen (secondary N) is 1. The number of nitrogens with zero attached hydrogens (tertiary/aromatic N) is 2. The Bertz CT molecular complexity index is 1350. The van der Waals surface area contributed by atoms with E-state index in [9.17, 15) is 18.0 Å². The van der Waals surface area contributed by atoms with Crippen LogP contribution in [0.4, 0.5) is 5.69 Å². The zero-order chi connectivity index (χ0) is 26.5. The average Bonchev–Trinajstić information content (AvgIpc) is 2.86. The van der Waals surface area contributed by atoms with Gasteiger partial charge in [-0.3, -0.25) is 13.9 Å². The average molecular weight is 528 g/mol. The van der Waals surface area contributed by atoms with Gasteiger partial charge in [-0.05, 0) is 67.8 Å². The first-order valence-electron chi connectivity index (χ1n) is 11.4. The van der Waals surface area contributed by atoms with E-state index >= 15 is 0 Å². The van der Waals surface area contributed by atoms with E-state index in [1.807, 2.05) is 19.1 Å². The molecule has 9 heteroatoms. The third-order valence-corrected chi connectivity index (χ3v) is 7.91. The molecule has 2 amide bonds. The van der Waals surface area contributed by atoms with E-state index in [1.165, 1.54) is 24.1 Å². The minimum atomic E-state index is -4.09. The first-order chi connectivity index (χ1) is 17.0. The lowest BCUT2D eigenvalue weighted by Gasteiger charge is -2.32. The molecule has 0 aliphatic rings. The van der Waals surface area contributed by atoms with Crippen molar-refractivity contribution in [1.82, 2.24) is 10.2 Å². The summed E-state index contributed by atoms with van der Waals surface area (Å²) in [5.74, 6) is -0.888. The molecular weight excluding hydrogens is 498 g/mol. The summed E-state index contributed by atoms with van der Waals surface area (Å²) in [6.07, 6.45) is 0. The maximum atomic E-state index is 13.8. The van der Waals surface area contributed by atoms with E-state index in [2.05, 4.69) is 5.32 Å². The molecule has 0 heterocycles. The molecule has 3 rings (SSSR count). The van der Waals surface area contributed by atoms with Gasteiger partial charge in [-0.2, -0.15) is 0 Å². The van der Waals surface area contributed by atoms with Gasteiger partial charge in [0.2, 0.25) is 11.8 Å². The molecule has 0 bridgehead atoms. The van der Waals surface area contributed by atoms with Gasteiger partial charge in [0.25, 0.3) is 10.0 Å². The Morgan fingerprint density at radius 3 is 2.31 bits per heavy atom. The molecule has 0 aromatic heterocycles. The predicted molar refractivity (Wildman–Crippen MR) is 142 cm³/mol. The minimum Gasteiger partial charge on any atom is -0.357 e. The fourth-order valence-electron chi connectivity index (χ4n) is 3.84. The van der Waals surface area contributed by atoms with Crippen molar-refractivity contribution in [2.24, 2.45) is 0 Å². The molecule has 0 saturated heterocycles. The van der Waals surface area contributed by atoms with Crippen LogP contribution in [-0.2, 0) is 26.2 Å². The van der Waals surface area contributed by atoms with Crippen LogP contribution in [0.5, 0.6) is 0 Å². The fraction of sp³-hybridized carbons (Fsp3) is 0.259. The lowest BCUT2D eigenvalue weighted by Crippen LogP contribution is -2.50. The summed E-state index contributed by atoms with van der Waals surface area (Å²) in [5.41, 5.74) is 2.68. The molecule has 0 saturated carbocycles. The van der Waals surface area contributed by atoms with Gasteiger partial charge in [-0.1, -0.05) is 54.1 Å². The zero-order valence-corrected chi connectivity index (χ0v) is 22.3. The van der Waals surface area contributed by atoms with Gasteiger partial charge in [0, 0.05) is 18.6 Å². The molecule has 1 atom stereocenters. The number of hydrogen-bond donors (Lipinski definition) is 1. The topological polar surface area (TPSA) is 86.8 Å². The van der Waals surface area contributed by atoms with Crippen LogP contribution in [0.25, 0.3) is 0 Å². The molecule has 1 N–H and O–H groups in total. The number of hydrogen-bond acceptors (Lipinski definition) is 4.